The van der Waals surface area contributed by atoms with Gasteiger partial charge in [0.2, 0.25) is 0 Å². The molecular weight excluding hydrogens is 186 g/mol. The highest BCUT2D eigenvalue weighted by atomic mass is 16.5. The molecule has 0 aliphatic heterocycles. The fourth-order valence-electron chi connectivity index (χ4n) is 2.54. The molecule has 1 aromatic rings. The maximum atomic E-state index is 5.98. The van der Waals surface area contributed by atoms with Crippen molar-refractivity contribution < 1.29 is 4.74 Å². The molecule has 2 heteroatoms. The predicted octanol–water partition coefficient (Wildman–Crippen LogP) is 2.46. The van der Waals surface area contributed by atoms with Crippen LogP contribution in [0.2, 0.25) is 0 Å². The monoisotopic (exact) mass is 205 g/mol. The largest absolute Gasteiger partial charge is 0.497 e. The van der Waals surface area contributed by atoms with Crippen LogP contribution >= 0.6 is 0 Å². The van der Waals surface area contributed by atoms with Gasteiger partial charge in [0, 0.05) is 6.04 Å². The minimum Gasteiger partial charge on any atom is -0.497 e. The Morgan fingerprint density at radius 1 is 1.33 bits per heavy atom. The Bertz CT molecular complexity index is 333. The van der Waals surface area contributed by atoms with Gasteiger partial charge in [-0.05, 0) is 42.4 Å². The summed E-state index contributed by atoms with van der Waals surface area (Å²) in [5.41, 5.74) is 7.63. The molecule has 1 aliphatic carbocycles. The zero-order chi connectivity index (χ0) is 10.9. The molecular formula is C13H19NO. The standard InChI is InChI=1S/C13H19NO/c1-13(8-7-11(14)9-13)10-3-5-12(15-2)6-4-10/h3-6,11H,7-9,14H2,1-2H3. The highest BCUT2D eigenvalue weighted by Gasteiger charge is 2.34. The topological polar surface area (TPSA) is 35.2 Å². The lowest BCUT2D eigenvalue weighted by molar-refractivity contribution is 0.413. The van der Waals surface area contributed by atoms with Crippen LogP contribution in [0.15, 0.2) is 24.3 Å². The van der Waals surface area contributed by atoms with E-state index in [1.165, 1.54) is 12.0 Å². The average Bonchev–Trinajstić information content (AvgIpc) is 2.60. The molecule has 1 fully saturated rings. The minimum absolute atomic E-state index is 0.270. The summed E-state index contributed by atoms with van der Waals surface area (Å²) in [6, 6.07) is 8.76. The molecule has 0 heterocycles. The zero-order valence-electron chi connectivity index (χ0n) is 9.49. The minimum atomic E-state index is 0.270. The van der Waals surface area contributed by atoms with Crippen molar-refractivity contribution in [2.75, 3.05) is 7.11 Å². The summed E-state index contributed by atoms with van der Waals surface area (Å²) in [6.45, 7) is 2.31. The molecule has 2 N–H and O–H groups in total. The quantitative estimate of drug-likeness (QED) is 0.805. The van der Waals surface area contributed by atoms with Crippen LogP contribution in [0.1, 0.15) is 31.7 Å². The molecule has 0 radical (unpaired) electrons. The third-order valence-corrected chi connectivity index (χ3v) is 3.57. The van der Waals surface area contributed by atoms with Gasteiger partial charge in [-0.15, -0.1) is 0 Å². The average molecular weight is 205 g/mol. The number of nitrogens with two attached hydrogens (primary N) is 1. The SMILES string of the molecule is COc1ccc(C2(C)CCC(N)C2)cc1. The molecule has 2 unspecified atom stereocenters. The van der Waals surface area contributed by atoms with Gasteiger partial charge in [0.1, 0.15) is 5.75 Å². The van der Waals surface area contributed by atoms with Gasteiger partial charge in [0.15, 0.2) is 0 Å². The molecule has 0 saturated heterocycles. The van der Waals surface area contributed by atoms with Gasteiger partial charge in [0.25, 0.3) is 0 Å². The normalized spacial score (nSPS) is 30.5. The number of hydrogen-bond donors (Lipinski definition) is 1. The van der Waals surface area contributed by atoms with E-state index in [9.17, 15) is 0 Å². The van der Waals surface area contributed by atoms with Crippen LogP contribution in [0, 0.1) is 0 Å². The predicted molar refractivity (Wildman–Crippen MR) is 62.2 cm³/mol. The van der Waals surface area contributed by atoms with Crippen LogP contribution < -0.4 is 10.5 Å². The molecule has 2 nitrogen and oxygen atoms in total. The highest BCUT2D eigenvalue weighted by molar-refractivity contribution is 5.33. The summed E-state index contributed by atoms with van der Waals surface area (Å²) in [5.74, 6) is 0.921. The summed E-state index contributed by atoms with van der Waals surface area (Å²) >= 11 is 0. The Morgan fingerprint density at radius 3 is 2.47 bits per heavy atom. The second-order valence-corrected chi connectivity index (χ2v) is 4.79. The first kappa shape index (κ1) is 10.5. The molecule has 1 aromatic carbocycles. The van der Waals surface area contributed by atoms with Crippen molar-refractivity contribution >= 4 is 0 Å². The third-order valence-electron chi connectivity index (χ3n) is 3.57. The van der Waals surface area contributed by atoms with Crippen molar-refractivity contribution in [3.05, 3.63) is 29.8 Å². The number of benzene rings is 1. The van der Waals surface area contributed by atoms with Crippen molar-refractivity contribution in [3.8, 4) is 5.75 Å². The Hall–Kier alpha value is -1.02. The number of ether oxygens (including phenoxy) is 1. The van der Waals surface area contributed by atoms with Crippen molar-refractivity contribution in [1.82, 2.24) is 0 Å². The third kappa shape index (κ3) is 2.00. The van der Waals surface area contributed by atoms with Gasteiger partial charge in [0.05, 0.1) is 7.11 Å². The van der Waals surface area contributed by atoms with Gasteiger partial charge in [-0.25, -0.2) is 0 Å². The van der Waals surface area contributed by atoms with Crippen LogP contribution in [-0.2, 0) is 5.41 Å². The highest BCUT2D eigenvalue weighted by Crippen LogP contribution is 2.40. The van der Waals surface area contributed by atoms with Crippen molar-refractivity contribution in [3.63, 3.8) is 0 Å². The van der Waals surface area contributed by atoms with Crippen LogP contribution in [-0.4, -0.2) is 13.2 Å². The van der Waals surface area contributed by atoms with Crippen molar-refractivity contribution in [2.24, 2.45) is 5.73 Å². The van der Waals surface area contributed by atoms with Crippen molar-refractivity contribution in [2.45, 2.75) is 37.6 Å². The lowest BCUT2D eigenvalue weighted by Crippen LogP contribution is -2.22. The Morgan fingerprint density at radius 2 is 2.00 bits per heavy atom. The summed E-state index contributed by atoms with van der Waals surface area (Å²) < 4.78 is 5.16. The first-order chi connectivity index (χ1) is 7.14. The molecule has 0 amide bonds. The van der Waals surface area contributed by atoms with E-state index < -0.39 is 0 Å². The van der Waals surface area contributed by atoms with E-state index in [-0.39, 0.29) is 5.41 Å². The van der Waals surface area contributed by atoms with Crippen LogP contribution in [0.3, 0.4) is 0 Å². The summed E-state index contributed by atoms with van der Waals surface area (Å²) in [6.07, 6.45) is 3.43. The van der Waals surface area contributed by atoms with Gasteiger partial charge >= 0.3 is 0 Å². The maximum absolute atomic E-state index is 5.98. The fraction of sp³-hybridized carbons (Fsp3) is 0.538. The number of rotatable bonds is 2. The molecule has 0 spiro atoms. The molecule has 82 valence electrons. The fourth-order valence-corrected chi connectivity index (χ4v) is 2.54. The van der Waals surface area contributed by atoms with Crippen LogP contribution in [0.5, 0.6) is 5.75 Å². The van der Waals surface area contributed by atoms with Gasteiger partial charge < -0.3 is 10.5 Å². The summed E-state index contributed by atoms with van der Waals surface area (Å²) in [7, 11) is 1.70. The van der Waals surface area contributed by atoms with E-state index >= 15 is 0 Å². The van der Waals surface area contributed by atoms with Crippen molar-refractivity contribution in [1.29, 1.82) is 0 Å². The van der Waals surface area contributed by atoms with Gasteiger partial charge in [-0.3, -0.25) is 0 Å². The molecule has 0 bridgehead atoms. The maximum Gasteiger partial charge on any atom is 0.118 e. The Balaban J connectivity index is 2.22. The Kier molecular flexibility index (Phi) is 2.70. The number of hydrogen-bond acceptors (Lipinski definition) is 2. The van der Waals surface area contributed by atoms with E-state index in [1.807, 2.05) is 12.1 Å². The summed E-state index contributed by atoms with van der Waals surface area (Å²) in [5, 5.41) is 0. The summed E-state index contributed by atoms with van der Waals surface area (Å²) in [4.78, 5) is 0. The molecule has 2 rings (SSSR count). The van der Waals surface area contributed by atoms with E-state index in [2.05, 4.69) is 19.1 Å². The first-order valence-electron chi connectivity index (χ1n) is 5.54. The van der Waals surface area contributed by atoms with Gasteiger partial charge in [-0.2, -0.15) is 0 Å². The molecule has 1 saturated carbocycles. The van der Waals surface area contributed by atoms with Gasteiger partial charge in [-0.1, -0.05) is 19.1 Å². The van der Waals surface area contributed by atoms with Crippen LogP contribution in [0.4, 0.5) is 0 Å². The van der Waals surface area contributed by atoms with E-state index in [0.29, 0.717) is 6.04 Å². The molecule has 1 aliphatic rings. The van der Waals surface area contributed by atoms with Crippen LogP contribution in [0.25, 0.3) is 0 Å². The number of methoxy groups -OCH3 is 1. The lowest BCUT2D eigenvalue weighted by Gasteiger charge is -2.24. The first-order valence-corrected chi connectivity index (χ1v) is 5.54. The second kappa shape index (κ2) is 3.86. The van der Waals surface area contributed by atoms with E-state index in [4.69, 9.17) is 10.5 Å². The second-order valence-electron chi connectivity index (χ2n) is 4.79. The molecule has 2 atom stereocenters. The molecule has 0 aromatic heterocycles. The lowest BCUT2D eigenvalue weighted by atomic mass is 9.81. The Labute approximate surface area is 91.4 Å². The van der Waals surface area contributed by atoms with E-state index in [0.717, 1.165) is 18.6 Å². The van der Waals surface area contributed by atoms with E-state index in [1.54, 1.807) is 7.11 Å². The smallest absolute Gasteiger partial charge is 0.118 e. The molecule has 15 heavy (non-hydrogen) atoms. The zero-order valence-corrected chi connectivity index (χ0v) is 9.49.